The molecule has 1 aliphatic heterocycles. The first-order chi connectivity index (χ1) is 15.1. The van der Waals surface area contributed by atoms with Crippen molar-refractivity contribution in [1.29, 1.82) is 0 Å². The van der Waals surface area contributed by atoms with Crippen molar-refractivity contribution in [2.75, 3.05) is 18.0 Å². The highest BCUT2D eigenvalue weighted by Crippen LogP contribution is 2.39. The molecule has 0 spiro atoms. The number of amides is 1. The lowest BCUT2D eigenvalue weighted by molar-refractivity contribution is -0.125. The third-order valence-electron chi connectivity index (χ3n) is 7.27. The van der Waals surface area contributed by atoms with Crippen molar-refractivity contribution in [3.05, 3.63) is 40.9 Å². The fourth-order valence-corrected chi connectivity index (χ4v) is 6.36. The van der Waals surface area contributed by atoms with Crippen LogP contribution in [0.3, 0.4) is 0 Å². The molecule has 0 bridgehead atoms. The van der Waals surface area contributed by atoms with Gasteiger partial charge >= 0.3 is 0 Å². The second kappa shape index (κ2) is 10.1. The van der Waals surface area contributed by atoms with E-state index in [-0.39, 0.29) is 17.9 Å². The zero-order valence-electron chi connectivity index (χ0n) is 19.1. The van der Waals surface area contributed by atoms with Gasteiger partial charge in [0.1, 0.15) is 5.01 Å². The van der Waals surface area contributed by atoms with Crippen LogP contribution in [0.1, 0.15) is 69.4 Å². The zero-order valence-corrected chi connectivity index (χ0v) is 19.9. The average Bonchev–Trinajstić information content (AvgIpc) is 3.42. The highest BCUT2D eigenvalue weighted by atomic mass is 32.1. The van der Waals surface area contributed by atoms with E-state index in [4.69, 9.17) is 0 Å². The van der Waals surface area contributed by atoms with Crippen molar-refractivity contribution in [2.45, 2.75) is 71.3 Å². The van der Waals surface area contributed by atoms with Gasteiger partial charge in [0.2, 0.25) is 11.0 Å². The van der Waals surface area contributed by atoms with Gasteiger partial charge in [0.15, 0.2) is 0 Å². The molecule has 1 amide bonds. The van der Waals surface area contributed by atoms with Crippen LogP contribution in [-0.4, -0.2) is 35.2 Å². The number of rotatable bonds is 8. The summed E-state index contributed by atoms with van der Waals surface area (Å²) in [6.45, 7) is 8.58. The monoisotopic (exact) mass is 440 g/mol. The molecule has 4 rings (SSSR count). The van der Waals surface area contributed by atoms with Gasteiger partial charge in [-0.1, -0.05) is 75.3 Å². The smallest absolute Gasteiger partial charge is 0.228 e. The third kappa shape index (κ3) is 4.94. The van der Waals surface area contributed by atoms with E-state index >= 15 is 0 Å². The molecule has 5 atom stereocenters. The van der Waals surface area contributed by atoms with E-state index in [1.807, 2.05) is 18.2 Å². The van der Waals surface area contributed by atoms with Gasteiger partial charge < -0.3 is 10.2 Å². The fourth-order valence-electron chi connectivity index (χ4n) is 5.40. The maximum atomic E-state index is 13.5. The summed E-state index contributed by atoms with van der Waals surface area (Å²) in [5, 5.41) is 14.5. The maximum absolute atomic E-state index is 13.5. The molecular weight excluding hydrogens is 404 g/mol. The average molecular weight is 441 g/mol. The summed E-state index contributed by atoms with van der Waals surface area (Å²) in [7, 11) is 0. The van der Waals surface area contributed by atoms with Gasteiger partial charge in [0.05, 0.1) is 5.92 Å². The number of hydrogen-bond donors (Lipinski definition) is 1. The summed E-state index contributed by atoms with van der Waals surface area (Å²) in [5.74, 6) is 1.58. The topological polar surface area (TPSA) is 58.1 Å². The molecule has 1 saturated heterocycles. The molecule has 1 aromatic heterocycles. The lowest BCUT2D eigenvalue weighted by Crippen LogP contribution is -2.47. The van der Waals surface area contributed by atoms with Crippen LogP contribution in [0.15, 0.2) is 30.3 Å². The SMILES string of the molecule is CCCc1nnc(N2CC3CCCC(NC(=O)C(c4ccccc4)C(C)CC)C3C2)s1. The van der Waals surface area contributed by atoms with Crippen molar-refractivity contribution in [1.82, 2.24) is 15.5 Å². The van der Waals surface area contributed by atoms with Crippen LogP contribution in [0.4, 0.5) is 5.13 Å². The predicted molar refractivity (Wildman–Crippen MR) is 128 cm³/mol. The van der Waals surface area contributed by atoms with Crippen LogP contribution in [0.2, 0.25) is 0 Å². The fraction of sp³-hybridized carbons (Fsp3) is 0.640. The summed E-state index contributed by atoms with van der Waals surface area (Å²) in [4.78, 5) is 15.9. The molecule has 2 aliphatic rings. The number of anilines is 1. The van der Waals surface area contributed by atoms with E-state index in [0.717, 1.165) is 54.5 Å². The van der Waals surface area contributed by atoms with Crippen molar-refractivity contribution in [3.8, 4) is 0 Å². The first kappa shape index (κ1) is 22.3. The molecule has 0 radical (unpaired) electrons. The Morgan fingerprint density at radius 2 is 2.00 bits per heavy atom. The van der Waals surface area contributed by atoms with E-state index in [0.29, 0.717) is 17.8 Å². The highest BCUT2D eigenvalue weighted by Gasteiger charge is 2.42. The van der Waals surface area contributed by atoms with Gasteiger partial charge in [-0.05, 0) is 36.7 Å². The second-order valence-electron chi connectivity index (χ2n) is 9.38. The molecule has 1 aliphatic carbocycles. The summed E-state index contributed by atoms with van der Waals surface area (Å²) < 4.78 is 0. The first-order valence-electron chi connectivity index (χ1n) is 12.0. The number of fused-ring (bicyclic) bond motifs is 1. The van der Waals surface area contributed by atoms with Gasteiger partial charge in [0, 0.05) is 31.5 Å². The summed E-state index contributed by atoms with van der Waals surface area (Å²) >= 11 is 1.74. The van der Waals surface area contributed by atoms with Crippen LogP contribution in [0.25, 0.3) is 0 Å². The van der Waals surface area contributed by atoms with Gasteiger partial charge in [-0.2, -0.15) is 0 Å². The van der Waals surface area contributed by atoms with E-state index < -0.39 is 0 Å². The quantitative estimate of drug-likeness (QED) is 0.625. The normalized spacial score (nSPS) is 25.1. The van der Waals surface area contributed by atoms with Gasteiger partial charge in [-0.25, -0.2) is 0 Å². The summed E-state index contributed by atoms with van der Waals surface area (Å²) in [6, 6.07) is 10.6. The zero-order chi connectivity index (χ0) is 21.8. The number of aryl methyl sites for hydroxylation is 1. The van der Waals surface area contributed by atoms with Gasteiger partial charge in [-0.15, -0.1) is 10.2 Å². The Hall–Kier alpha value is -1.95. The van der Waals surface area contributed by atoms with Crippen molar-refractivity contribution < 1.29 is 4.79 Å². The molecule has 5 nitrogen and oxygen atoms in total. The first-order valence-corrected chi connectivity index (χ1v) is 12.8. The molecule has 1 aromatic carbocycles. The minimum absolute atomic E-state index is 0.0798. The van der Waals surface area contributed by atoms with Crippen LogP contribution < -0.4 is 10.2 Å². The van der Waals surface area contributed by atoms with E-state index in [2.05, 4.69) is 53.3 Å². The Morgan fingerprint density at radius 3 is 2.74 bits per heavy atom. The standard InChI is InChI=1S/C25H36N4OS/c1-4-10-22-27-28-25(31-22)29-15-19-13-9-14-21(20(19)16-29)26-24(30)23(17(3)5-2)18-11-7-6-8-12-18/h6-8,11-12,17,19-21,23H,4-5,9-10,13-16H2,1-3H3,(H,26,30). The summed E-state index contributed by atoms with van der Waals surface area (Å²) in [6.07, 6.45) is 6.63. The number of carbonyl (C=O) groups is 1. The molecule has 168 valence electrons. The molecule has 2 aromatic rings. The molecule has 2 heterocycles. The number of benzene rings is 1. The van der Waals surface area contributed by atoms with E-state index in [1.54, 1.807) is 11.3 Å². The number of aromatic nitrogens is 2. The Kier molecular flexibility index (Phi) is 7.26. The molecule has 5 unspecified atom stereocenters. The van der Waals surface area contributed by atoms with Crippen LogP contribution in [-0.2, 0) is 11.2 Å². The molecule has 6 heteroatoms. The molecule has 1 N–H and O–H groups in total. The van der Waals surface area contributed by atoms with Crippen molar-refractivity contribution in [3.63, 3.8) is 0 Å². The minimum Gasteiger partial charge on any atom is -0.352 e. The van der Waals surface area contributed by atoms with Crippen LogP contribution in [0.5, 0.6) is 0 Å². The Balaban J connectivity index is 1.46. The number of carbonyl (C=O) groups excluding carboxylic acids is 1. The Labute approximate surface area is 190 Å². The van der Waals surface area contributed by atoms with Gasteiger partial charge in [0.25, 0.3) is 0 Å². The molecule has 1 saturated carbocycles. The Bertz CT molecular complexity index is 854. The summed E-state index contributed by atoms with van der Waals surface area (Å²) in [5.41, 5.74) is 1.13. The lowest BCUT2D eigenvalue weighted by atomic mass is 9.77. The van der Waals surface area contributed by atoms with Crippen LogP contribution >= 0.6 is 11.3 Å². The highest BCUT2D eigenvalue weighted by molar-refractivity contribution is 7.15. The molecular formula is C25H36N4OS. The molecule has 31 heavy (non-hydrogen) atoms. The van der Waals surface area contributed by atoms with Gasteiger partial charge in [-0.3, -0.25) is 4.79 Å². The largest absolute Gasteiger partial charge is 0.352 e. The Morgan fingerprint density at radius 1 is 1.19 bits per heavy atom. The number of nitrogens with one attached hydrogen (secondary N) is 1. The third-order valence-corrected chi connectivity index (χ3v) is 8.31. The number of hydrogen-bond acceptors (Lipinski definition) is 5. The van der Waals surface area contributed by atoms with Crippen molar-refractivity contribution in [2.24, 2.45) is 17.8 Å². The second-order valence-corrected chi connectivity index (χ2v) is 10.4. The number of nitrogens with zero attached hydrogens (tertiary/aromatic N) is 3. The van der Waals surface area contributed by atoms with E-state index in [9.17, 15) is 4.79 Å². The predicted octanol–water partition coefficient (Wildman–Crippen LogP) is 5.04. The lowest BCUT2D eigenvalue weighted by Gasteiger charge is -2.35. The maximum Gasteiger partial charge on any atom is 0.228 e. The minimum atomic E-state index is -0.0798. The van der Waals surface area contributed by atoms with E-state index in [1.165, 1.54) is 12.8 Å². The molecule has 2 fully saturated rings. The van der Waals surface area contributed by atoms with Crippen LogP contribution in [0, 0.1) is 17.8 Å². The van der Waals surface area contributed by atoms with Crippen molar-refractivity contribution >= 4 is 22.4 Å².